The summed E-state index contributed by atoms with van der Waals surface area (Å²) in [7, 11) is -3.83. The number of hydrogen-bond donors (Lipinski definition) is 2. The molecular weight excluding hydrogens is 526 g/mol. The molecule has 2 aromatic rings. The second-order valence-electron chi connectivity index (χ2n) is 11.2. The van der Waals surface area contributed by atoms with Crippen LogP contribution in [0.3, 0.4) is 0 Å². The lowest BCUT2D eigenvalue weighted by Gasteiger charge is -2.40. The Morgan fingerprint density at radius 1 is 1.16 bits per heavy atom. The molecule has 3 heterocycles. The van der Waals surface area contributed by atoms with Gasteiger partial charge >= 0.3 is 5.97 Å². The molecule has 206 valence electrons. The van der Waals surface area contributed by atoms with E-state index < -0.39 is 16.0 Å². The Morgan fingerprint density at radius 3 is 2.37 bits per heavy atom. The summed E-state index contributed by atoms with van der Waals surface area (Å²) in [5.74, 6) is 5.43. The van der Waals surface area contributed by atoms with Crippen LogP contribution >= 0.6 is 11.3 Å². The monoisotopic (exact) mass is 561 g/mol. The first-order valence-corrected chi connectivity index (χ1v) is 15.2. The average Bonchev–Trinajstić information content (AvgIpc) is 3.55. The van der Waals surface area contributed by atoms with Gasteiger partial charge < -0.3 is 15.0 Å². The number of carboxylic acid groups (broad SMARTS) is 1. The highest BCUT2D eigenvalue weighted by atomic mass is 32.2. The Kier molecular flexibility index (Phi) is 8.30. The van der Waals surface area contributed by atoms with Crippen molar-refractivity contribution in [3.63, 3.8) is 0 Å². The number of nitrogens with one attached hydrogen (secondary N) is 1. The van der Waals surface area contributed by atoms with Gasteiger partial charge in [0, 0.05) is 30.5 Å². The molecule has 2 aliphatic rings. The van der Waals surface area contributed by atoms with E-state index in [9.17, 15) is 23.1 Å². The molecule has 1 aliphatic heterocycles. The van der Waals surface area contributed by atoms with Gasteiger partial charge in [0.2, 0.25) is 5.91 Å². The number of nitrogens with zero attached hydrogens (tertiary/aromatic N) is 4. The fourth-order valence-corrected chi connectivity index (χ4v) is 7.14. The number of piperidine rings is 1. The van der Waals surface area contributed by atoms with Crippen molar-refractivity contribution in [1.29, 1.82) is 0 Å². The number of aromatic carboxylic acids is 1. The molecule has 0 bridgehead atoms. The lowest BCUT2D eigenvalue weighted by atomic mass is 9.82. The van der Waals surface area contributed by atoms with E-state index in [0.29, 0.717) is 29.3 Å². The molecule has 1 saturated carbocycles. The molecule has 0 atom stereocenters. The zero-order valence-corrected chi connectivity index (χ0v) is 23.9. The summed E-state index contributed by atoms with van der Waals surface area (Å²) in [6, 6.07) is 1.38. The van der Waals surface area contributed by atoms with E-state index in [0.717, 1.165) is 37.0 Å². The highest BCUT2D eigenvalue weighted by Crippen LogP contribution is 2.38. The maximum atomic E-state index is 14.0. The van der Waals surface area contributed by atoms with E-state index in [1.54, 1.807) is 11.0 Å². The van der Waals surface area contributed by atoms with E-state index in [2.05, 4.69) is 33.9 Å². The van der Waals surface area contributed by atoms with E-state index >= 15 is 0 Å². The van der Waals surface area contributed by atoms with Crippen LogP contribution in [-0.4, -0.2) is 64.0 Å². The minimum Gasteiger partial charge on any atom is -0.477 e. The first kappa shape index (κ1) is 28.3. The minimum absolute atomic E-state index is 0.0796. The third kappa shape index (κ3) is 6.27. The van der Waals surface area contributed by atoms with E-state index in [1.807, 2.05) is 20.8 Å². The molecule has 0 radical (unpaired) electrons. The van der Waals surface area contributed by atoms with Crippen LogP contribution < -0.4 is 4.90 Å². The molecule has 12 heteroatoms. The number of rotatable bonds is 6. The fourth-order valence-electron chi connectivity index (χ4n) is 5.01. The first-order chi connectivity index (χ1) is 17.9. The number of thiophene rings is 1. The SMILES string of the molecule is CC(C)(C)C#Cc1cc(N(C(=O)[C@H]2CC[C@H](C)CC2)C2CCN(S(=O)(=O)c3nnc[nH]3)CC2)c(C(=O)O)s1. The smallest absolute Gasteiger partial charge is 0.348 e. The molecule has 2 N–H and O–H groups in total. The Balaban J connectivity index is 1.66. The molecule has 0 aromatic carbocycles. The van der Waals surface area contributed by atoms with Gasteiger partial charge in [-0.3, -0.25) is 4.79 Å². The Hall–Kier alpha value is -2.75. The molecule has 10 nitrogen and oxygen atoms in total. The molecule has 1 amide bonds. The quantitative estimate of drug-likeness (QED) is 0.509. The van der Waals surface area contributed by atoms with Crippen LogP contribution in [0.15, 0.2) is 17.6 Å². The van der Waals surface area contributed by atoms with Gasteiger partial charge in [0.25, 0.3) is 15.2 Å². The number of aromatic amines is 1. The standard InChI is InChI=1S/C26H35N5O5S2/c1-17-5-7-18(8-6-17)23(32)31(21-15-20(9-12-26(2,3)4)37-22(21)24(33)34)19-10-13-30(14-11-19)38(35,36)25-27-16-28-29-25/h15-19H,5-8,10-11,13-14H2,1-4H3,(H,33,34)(H,27,28,29)/t17-,18-. The van der Waals surface area contributed by atoms with Crippen molar-refractivity contribution in [3.8, 4) is 11.8 Å². The van der Waals surface area contributed by atoms with Crippen LogP contribution in [0.4, 0.5) is 5.69 Å². The first-order valence-electron chi connectivity index (χ1n) is 13.0. The Morgan fingerprint density at radius 2 is 1.82 bits per heavy atom. The van der Waals surface area contributed by atoms with E-state index in [-0.39, 0.29) is 46.4 Å². The molecule has 38 heavy (non-hydrogen) atoms. The van der Waals surface area contributed by atoms with Gasteiger partial charge in [-0.1, -0.05) is 18.8 Å². The molecule has 0 unspecified atom stereocenters. The van der Waals surface area contributed by atoms with Crippen molar-refractivity contribution >= 4 is 38.9 Å². The number of amides is 1. The molecular formula is C26H35N5O5S2. The van der Waals surface area contributed by atoms with Gasteiger partial charge in [-0.15, -0.1) is 21.5 Å². The molecule has 0 spiro atoms. The lowest BCUT2D eigenvalue weighted by Crippen LogP contribution is -2.51. The van der Waals surface area contributed by atoms with Gasteiger partial charge in [0.1, 0.15) is 11.2 Å². The second-order valence-corrected chi connectivity index (χ2v) is 14.1. The molecule has 2 fully saturated rings. The minimum atomic E-state index is -3.83. The normalized spacial score (nSPS) is 21.5. The van der Waals surface area contributed by atoms with Crippen molar-refractivity contribution < 1.29 is 23.1 Å². The number of carbonyl (C=O) groups is 2. The number of anilines is 1. The molecule has 1 aliphatic carbocycles. The largest absolute Gasteiger partial charge is 0.477 e. The molecule has 4 rings (SSSR count). The second kappa shape index (κ2) is 11.2. The third-order valence-electron chi connectivity index (χ3n) is 7.10. The predicted molar refractivity (Wildman–Crippen MR) is 144 cm³/mol. The van der Waals surface area contributed by atoms with Gasteiger partial charge in [0.15, 0.2) is 0 Å². The van der Waals surface area contributed by atoms with Crippen molar-refractivity contribution in [3.05, 3.63) is 22.1 Å². The van der Waals surface area contributed by atoms with Gasteiger partial charge in [-0.2, -0.15) is 4.31 Å². The van der Waals surface area contributed by atoms with Crippen molar-refractivity contribution in [2.45, 2.75) is 77.4 Å². The zero-order chi connectivity index (χ0) is 27.7. The van der Waals surface area contributed by atoms with Crippen LogP contribution in [0, 0.1) is 29.1 Å². The van der Waals surface area contributed by atoms with Crippen LogP contribution in [0.5, 0.6) is 0 Å². The number of H-pyrrole nitrogens is 1. The van der Waals surface area contributed by atoms with Gasteiger partial charge in [-0.25, -0.2) is 13.2 Å². The van der Waals surface area contributed by atoms with Crippen molar-refractivity contribution in [2.24, 2.45) is 17.3 Å². The third-order valence-corrected chi connectivity index (χ3v) is 9.86. The highest BCUT2D eigenvalue weighted by Gasteiger charge is 2.39. The average molecular weight is 562 g/mol. The Bertz CT molecular complexity index is 1320. The predicted octanol–water partition coefficient (Wildman–Crippen LogP) is 3.97. The number of carboxylic acids is 1. The summed E-state index contributed by atoms with van der Waals surface area (Å²) >= 11 is 1.08. The summed E-state index contributed by atoms with van der Waals surface area (Å²) in [6.07, 6.45) is 5.40. The van der Waals surface area contributed by atoms with Gasteiger partial charge in [0.05, 0.1) is 10.6 Å². The van der Waals surface area contributed by atoms with Gasteiger partial charge in [-0.05, 0) is 71.3 Å². The van der Waals surface area contributed by atoms with Crippen molar-refractivity contribution in [2.75, 3.05) is 18.0 Å². The number of sulfonamides is 1. The molecule has 2 aromatic heterocycles. The lowest BCUT2D eigenvalue weighted by molar-refractivity contribution is -0.124. The van der Waals surface area contributed by atoms with Crippen LogP contribution in [0.2, 0.25) is 0 Å². The number of carbonyl (C=O) groups excluding carboxylic acids is 1. The van der Waals surface area contributed by atoms with Crippen LogP contribution in [0.25, 0.3) is 0 Å². The van der Waals surface area contributed by atoms with Crippen molar-refractivity contribution in [1.82, 2.24) is 19.5 Å². The van der Waals surface area contributed by atoms with E-state index in [1.165, 1.54) is 10.6 Å². The summed E-state index contributed by atoms with van der Waals surface area (Å²) in [6.45, 7) is 8.49. The topological polar surface area (TPSA) is 137 Å². The molecule has 1 saturated heterocycles. The number of hydrogen-bond acceptors (Lipinski definition) is 7. The summed E-state index contributed by atoms with van der Waals surface area (Å²) in [5.41, 5.74) is 0.102. The van der Waals surface area contributed by atoms with Crippen LogP contribution in [0.1, 0.15) is 80.8 Å². The maximum absolute atomic E-state index is 14.0. The highest BCUT2D eigenvalue weighted by molar-refractivity contribution is 7.88. The summed E-state index contributed by atoms with van der Waals surface area (Å²) < 4.78 is 27.2. The fraction of sp³-hybridized carbons (Fsp3) is 0.615. The maximum Gasteiger partial charge on any atom is 0.348 e. The Labute approximate surface area is 227 Å². The summed E-state index contributed by atoms with van der Waals surface area (Å²) in [4.78, 5) is 31.2. The number of aromatic nitrogens is 3. The zero-order valence-electron chi connectivity index (χ0n) is 22.2. The van der Waals surface area contributed by atoms with Crippen LogP contribution in [-0.2, 0) is 14.8 Å². The summed E-state index contributed by atoms with van der Waals surface area (Å²) in [5, 5.41) is 17.1. The van der Waals surface area contributed by atoms with E-state index in [4.69, 9.17) is 0 Å².